The molecule has 1 aromatic heterocycles. The predicted octanol–water partition coefficient (Wildman–Crippen LogP) is 1.71. The predicted molar refractivity (Wildman–Crippen MR) is 106 cm³/mol. The second kappa shape index (κ2) is 6.90. The zero-order chi connectivity index (χ0) is 20.9. The normalized spacial score (nSPS) is 17.8. The molecular weight excluding hydrogens is 362 g/mol. The monoisotopic (exact) mass is 388 g/mol. The third kappa shape index (κ3) is 3.52. The molecule has 2 aromatic rings. The molecule has 2 N–H and O–H groups in total. The molecular formula is C19H26BFN4O3. The van der Waals surface area contributed by atoms with Crippen molar-refractivity contribution in [2.45, 2.75) is 45.4 Å². The van der Waals surface area contributed by atoms with E-state index in [4.69, 9.17) is 15.0 Å². The van der Waals surface area contributed by atoms with Gasteiger partial charge in [0.1, 0.15) is 5.82 Å². The van der Waals surface area contributed by atoms with E-state index in [2.05, 4.69) is 5.10 Å². The molecule has 1 fully saturated rings. The minimum Gasteiger partial charge on any atom is -0.399 e. The van der Waals surface area contributed by atoms with Crippen molar-refractivity contribution < 1.29 is 18.5 Å². The Morgan fingerprint density at radius 2 is 1.89 bits per heavy atom. The highest BCUT2D eigenvalue weighted by atomic mass is 19.1. The van der Waals surface area contributed by atoms with Crippen LogP contribution in [0.25, 0.3) is 0 Å². The average Bonchev–Trinajstić information content (AvgIpc) is 3.07. The second-order valence-corrected chi connectivity index (χ2v) is 8.20. The molecule has 28 heavy (non-hydrogen) atoms. The van der Waals surface area contributed by atoms with Gasteiger partial charge in [0, 0.05) is 43.6 Å². The first-order valence-corrected chi connectivity index (χ1v) is 9.09. The molecule has 1 saturated heterocycles. The van der Waals surface area contributed by atoms with Crippen LogP contribution in [0.2, 0.25) is 0 Å². The number of nitrogen functional groups attached to an aromatic ring is 1. The van der Waals surface area contributed by atoms with Gasteiger partial charge in [-0.1, -0.05) is 6.07 Å². The number of carbonyl (C=O) groups excluding carboxylic acids is 1. The van der Waals surface area contributed by atoms with Crippen LogP contribution in [0.4, 0.5) is 10.1 Å². The zero-order valence-corrected chi connectivity index (χ0v) is 17.1. The lowest BCUT2D eigenvalue weighted by Gasteiger charge is -2.32. The minimum absolute atomic E-state index is 0.0702. The fourth-order valence-corrected chi connectivity index (χ4v) is 3.07. The van der Waals surface area contributed by atoms with E-state index in [1.54, 1.807) is 31.2 Å². The first kappa shape index (κ1) is 20.4. The van der Waals surface area contributed by atoms with Gasteiger partial charge >= 0.3 is 7.12 Å². The molecule has 1 aliphatic heterocycles. The first-order valence-electron chi connectivity index (χ1n) is 9.09. The number of nitrogens with two attached hydrogens (primary N) is 1. The van der Waals surface area contributed by atoms with Crippen molar-refractivity contribution in [1.82, 2.24) is 14.7 Å². The average molecular weight is 388 g/mol. The number of aryl methyl sites for hydroxylation is 1. The SMILES string of the molecule is CN(Cc1cnn(C)c1)C(=O)c1c(N)ccc(B2OC(C)(C)C(C)(C)O2)c1F. The van der Waals surface area contributed by atoms with E-state index in [0.29, 0.717) is 0 Å². The molecule has 7 nitrogen and oxygen atoms in total. The number of amides is 1. The van der Waals surface area contributed by atoms with Crippen LogP contribution in [0, 0.1) is 5.82 Å². The fourth-order valence-electron chi connectivity index (χ4n) is 3.07. The summed E-state index contributed by atoms with van der Waals surface area (Å²) in [6.45, 7) is 7.82. The summed E-state index contributed by atoms with van der Waals surface area (Å²) in [6, 6.07) is 3.01. The van der Waals surface area contributed by atoms with Crippen LogP contribution >= 0.6 is 0 Å². The highest BCUT2D eigenvalue weighted by molar-refractivity contribution is 6.62. The minimum atomic E-state index is -0.916. The van der Waals surface area contributed by atoms with Gasteiger partial charge in [0.25, 0.3) is 5.91 Å². The Morgan fingerprint density at radius 1 is 1.29 bits per heavy atom. The van der Waals surface area contributed by atoms with Gasteiger partial charge in [-0.05, 0) is 33.8 Å². The van der Waals surface area contributed by atoms with Gasteiger partial charge in [0.15, 0.2) is 0 Å². The third-order valence-electron chi connectivity index (χ3n) is 5.45. The molecule has 0 saturated carbocycles. The van der Waals surface area contributed by atoms with Crippen LogP contribution in [0.15, 0.2) is 24.5 Å². The van der Waals surface area contributed by atoms with Crippen LogP contribution < -0.4 is 11.2 Å². The van der Waals surface area contributed by atoms with Gasteiger partial charge in [-0.3, -0.25) is 9.48 Å². The number of hydrogen-bond acceptors (Lipinski definition) is 5. The van der Waals surface area contributed by atoms with Gasteiger partial charge in [0.2, 0.25) is 0 Å². The number of hydrogen-bond donors (Lipinski definition) is 1. The molecule has 1 amide bonds. The lowest BCUT2D eigenvalue weighted by molar-refractivity contribution is 0.00578. The number of carbonyl (C=O) groups is 1. The maximum atomic E-state index is 15.3. The summed E-state index contributed by atoms with van der Waals surface area (Å²) < 4.78 is 28.8. The molecule has 0 aliphatic carbocycles. The number of rotatable bonds is 4. The quantitative estimate of drug-likeness (QED) is 0.637. The molecule has 9 heteroatoms. The highest BCUT2D eigenvalue weighted by Gasteiger charge is 2.52. The van der Waals surface area contributed by atoms with E-state index < -0.39 is 30.0 Å². The van der Waals surface area contributed by atoms with Gasteiger partial charge in [-0.2, -0.15) is 5.10 Å². The van der Waals surface area contributed by atoms with E-state index in [0.717, 1.165) is 5.56 Å². The molecule has 150 valence electrons. The number of nitrogens with zero attached hydrogens (tertiary/aromatic N) is 3. The van der Waals surface area contributed by atoms with E-state index in [-0.39, 0.29) is 23.3 Å². The Morgan fingerprint density at radius 3 is 2.43 bits per heavy atom. The summed E-state index contributed by atoms with van der Waals surface area (Å²) in [4.78, 5) is 14.3. The maximum absolute atomic E-state index is 15.3. The molecule has 0 atom stereocenters. The molecule has 0 spiro atoms. The molecule has 3 rings (SSSR count). The lowest BCUT2D eigenvalue weighted by Crippen LogP contribution is -2.41. The fraction of sp³-hybridized carbons (Fsp3) is 0.474. The Bertz CT molecular complexity index is 897. The van der Waals surface area contributed by atoms with Crippen molar-refractivity contribution in [2.24, 2.45) is 7.05 Å². The van der Waals surface area contributed by atoms with E-state index in [1.165, 1.54) is 17.0 Å². The van der Waals surface area contributed by atoms with Crippen molar-refractivity contribution in [3.8, 4) is 0 Å². The van der Waals surface area contributed by atoms with Crippen LogP contribution in [-0.4, -0.2) is 46.0 Å². The molecule has 0 unspecified atom stereocenters. The Labute approximate surface area is 164 Å². The molecule has 1 aliphatic rings. The van der Waals surface area contributed by atoms with Gasteiger partial charge in [-0.15, -0.1) is 0 Å². The zero-order valence-electron chi connectivity index (χ0n) is 17.1. The number of anilines is 1. The highest BCUT2D eigenvalue weighted by Crippen LogP contribution is 2.37. The Kier molecular flexibility index (Phi) is 5.01. The standard InChI is InChI=1S/C19H26BFN4O3/c1-18(2)19(3,4)28-20(27-18)13-7-8-14(22)15(16(13)21)17(26)24(5)10-12-9-23-25(6)11-12/h7-9,11H,10,22H2,1-6H3. The first-order chi connectivity index (χ1) is 12.9. The smallest absolute Gasteiger partial charge is 0.399 e. The van der Waals surface area contributed by atoms with Crippen molar-refractivity contribution in [1.29, 1.82) is 0 Å². The van der Waals surface area contributed by atoms with Crippen LogP contribution in [-0.2, 0) is 22.9 Å². The van der Waals surface area contributed by atoms with Crippen molar-refractivity contribution in [3.63, 3.8) is 0 Å². The van der Waals surface area contributed by atoms with E-state index in [1.807, 2.05) is 27.7 Å². The number of benzene rings is 1. The molecule has 2 heterocycles. The summed E-state index contributed by atoms with van der Waals surface area (Å²) in [5.74, 6) is -1.24. The maximum Gasteiger partial charge on any atom is 0.497 e. The Hall–Kier alpha value is -2.39. The van der Waals surface area contributed by atoms with E-state index >= 15 is 4.39 Å². The summed E-state index contributed by atoms with van der Waals surface area (Å²) >= 11 is 0. The molecule has 0 radical (unpaired) electrons. The molecule has 1 aromatic carbocycles. The summed E-state index contributed by atoms with van der Waals surface area (Å²) in [5.41, 5.74) is 5.59. The van der Waals surface area contributed by atoms with Crippen LogP contribution in [0.5, 0.6) is 0 Å². The Balaban J connectivity index is 1.90. The van der Waals surface area contributed by atoms with Gasteiger partial charge in [0.05, 0.1) is 23.0 Å². The van der Waals surface area contributed by atoms with E-state index in [9.17, 15) is 4.79 Å². The lowest BCUT2D eigenvalue weighted by atomic mass is 9.77. The number of aromatic nitrogens is 2. The van der Waals surface area contributed by atoms with Gasteiger partial charge < -0.3 is 19.9 Å². The van der Waals surface area contributed by atoms with Crippen molar-refractivity contribution in [2.75, 3.05) is 12.8 Å². The third-order valence-corrected chi connectivity index (χ3v) is 5.45. The topological polar surface area (TPSA) is 82.6 Å². The summed E-state index contributed by atoms with van der Waals surface area (Å²) in [5, 5.41) is 4.08. The van der Waals surface area contributed by atoms with Crippen molar-refractivity contribution in [3.05, 3.63) is 41.5 Å². The summed E-state index contributed by atoms with van der Waals surface area (Å²) in [6.07, 6.45) is 3.45. The largest absolute Gasteiger partial charge is 0.497 e. The van der Waals surface area contributed by atoms with Gasteiger partial charge in [-0.25, -0.2) is 4.39 Å². The summed E-state index contributed by atoms with van der Waals surface area (Å²) in [7, 11) is 2.47. The van der Waals surface area contributed by atoms with Crippen molar-refractivity contribution >= 4 is 24.2 Å². The number of halogens is 1. The van der Waals surface area contributed by atoms with Crippen LogP contribution in [0.1, 0.15) is 43.6 Å². The second-order valence-electron chi connectivity index (χ2n) is 8.20. The van der Waals surface area contributed by atoms with Crippen LogP contribution in [0.3, 0.4) is 0 Å². The molecule has 0 bridgehead atoms.